The summed E-state index contributed by atoms with van der Waals surface area (Å²) in [5.74, 6) is 1.52. The van der Waals surface area contributed by atoms with E-state index in [1.165, 1.54) is 0 Å². The van der Waals surface area contributed by atoms with Crippen molar-refractivity contribution in [3.05, 3.63) is 41.6 Å². The SMILES string of the molecule is c1coc(CNc2ncc3c(n2)[C@]2(CCNC2)COC3)c1. The lowest BCUT2D eigenvalue weighted by Crippen LogP contribution is -2.39. The van der Waals surface area contributed by atoms with E-state index in [4.69, 9.17) is 14.1 Å². The number of nitrogens with one attached hydrogen (secondary N) is 2. The molecule has 0 unspecified atom stereocenters. The molecule has 2 aliphatic rings. The molecular formula is C15H18N4O2. The van der Waals surface area contributed by atoms with Gasteiger partial charge in [-0.2, -0.15) is 0 Å². The standard InChI is InChI=1S/C15H18N4O2/c1-2-12(21-5-1)7-18-14-17-6-11-8-20-10-15(13(11)19-14)3-4-16-9-15/h1-2,5-6,16H,3-4,7-10H2,(H,17,18,19)/t15-/m0/s1. The fourth-order valence-electron chi connectivity index (χ4n) is 3.13. The molecule has 0 bridgehead atoms. The van der Waals surface area contributed by atoms with Crippen LogP contribution < -0.4 is 10.6 Å². The van der Waals surface area contributed by atoms with E-state index in [1.807, 2.05) is 18.3 Å². The summed E-state index contributed by atoms with van der Waals surface area (Å²) in [6.45, 7) is 3.88. The van der Waals surface area contributed by atoms with Gasteiger partial charge < -0.3 is 19.8 Å². The van der Waals surface area contributed by atoms with Gasteiger partial charge in [0.05, 0.1) is 37.1 Å². The molecule has 0 saturated carbocycles. The maximum atomic E-state index is 5.74. The van der Waals surface area contributed by atoms with Gasteiger partial charge in [-0.3, -0.25) is 0 Å². The van der Waals surface area contributed by atoms with Crippen molar-refractivity contribution in [2.24, 2.45) is 0 Å². The van der Waals surface area contributed by atoms with E-state index in [0.29, 0.717) is 19.1 Å². The van der Waals surface area contributed by atoms with Gasteiger partial charge >= 0.3 is 0 Å². The molecule has 110 valence electrons. The number of furan rings is 1. The van der Waals surface area contributed by atoms with Crippen molar-refractivity contribution in [1.82, 2.24) is 15.3 Å². The first-order valence-corrected chi connectivity index (χ1v) is 7.27. The Morgan fingerprint density at radius 1 is 1.43 bits per heavy atom. The highest BCUT2D eigenvalue weighted by Crippen LogP contribution is 2.36. The van der Waals surface area contributed by atoms with Crippen molar-refractivity contribution >= 4 is 5.95 Å². The van der Waals surface area contributed by atoms with Crippen LogP contribution in [0.3, 0.4) is 0 Å². The van der Waals surface area contributed by atoms with Crippen LogP contribution in [0.25, 0.3) is 0 Å². The fourth-order valence-corrected chi connectivity index (χ4v) is 3.13. The summed E-state index contributed by atoms with van der Waals surface area (Å²) < 4.78 is 11.1. The Labute approximate surface area is 122 Å². The molecule has 1 saturated heterocycles. The van der Waals surface area contributed by atoms with Crippen LogP contribution in [0.5, 0.6) is 0 Å². The minimum atomic E-state index is 0.0115. The van der Waals surface area contributed by atoms with Gasteiger partial charge in [-0.05, 0) is 25.1 Å². The second-order valence-corrected chi connectivity index (χ2v) is 5.70. The first kappa shape index (κ1) is 12.8. The number of anilines is 1. The lowest BCUT2D eigenvalue weighted by atomic mass is 9.81. The van der Waals surface area contributed by atoms with E-state index in [1.54, 1.807) is 6.26 Å². The van der Waals surface area contributed by atoms with E-state index in [-0.39, 0.29) is 5.41 Å². The lowest BCUT2D eigenvalue weighted by molar-refractivity contribution is 0.0551. The van der Waals surface area contributed by atoms with Crippen LogP contribution in [-0.4, -0.2) is 29.7 Å². The van der Waals surface area contributed by atoms with Crippen LogP contribution >= 0.6 is 0 Å². The average Bonchev–Trinajstić information content (AvgIpc) is 3.18. The van der Waals surface area contributed by atoms with Crippen molar-refractivity contribution in [2.45, 2.75) is 25.0 Å². The van der Waals surface area contributed by atoms with Gasteiger partial charge in [-0.15, -0.1) is 0 Å². The number of aromatic nitrogens is 2. The van der Waals surface area contributed by atoms with Crippen molar-refractivity contribution in [3.63, 3.8) is 0 Å². The molecule has 4 rings (SSSR count). The van der Waals surface area contributed by atoms with Crippen LogP contribution in [0.4, 0.5) is 5.95 Å². The highest BCUT2D eigenvalue weighted by molar-refractivity contribution is 5.36. The molecule has 2 aliphatic heterocycles. The number of hydrogen-bond acceptors (Lipinski definition) is 6. The van der Waals surface area contributed by atoms with Gasteiger partial charge in [0.25, 0.3) is 0 Å². The fraction of sp³-hybridized carbons (Fsp3) is 0.467. The van der Waals surface area contributed by atoms with E-state index in [9.17, 15) is 0 Å². The van der Waals surface area contributed by atoms with Crippen LogP contribution in [0, 0.1) is 0 Å². The molecule has 1 spiro atoms. The van der Waals surface area contributed by atoms with E-state index in [0.717, 1.165) is 43.1 Å². The maximum Gasteiger partial charge on any atom is 0.223 e. The second-order valence-electron chi connectivity index (χ2n) is 5.70. The van der Waals surface area contributed by atoms with E-state index < -0.39 is 0 Å². The summed E-state index contributed by atoms with van der Waals surface area (Å²) in [7, 11) is 0. The molecular weight excluding hydrogens is 268 g/mol. The monoisotopic (exact) mass is 286 g/mol. The van der Waals surface area contributed by atoms with Crippen LogP contribution in [-0.2, 0) is 23.3 Å². The summed E-state index contributed by atoms with van der Waals surface area (Å²) in [6.07, 6.45) is 4.61. The zero-order chi connectivity index (χ0) is 14.1. The third-order valence-corrected chi connectivity index (χ3v) is 4.25. The van der Waals surface area contributed by atoms with Gasteiger partial charge in [-0.25, -0.2) is 9.97 Å². The number of hydrogen-bond donors (Lipinski definition) is 2. The molecule has 0 aliphatic carbocycles. The molecule has 0 amide bonds. The molecule has 6 nitrogen and oxygen atoms in total. The van der Waals surface area contributed by atoms with Gasteiger partial charge in [-0.1, -0.05) is 0 Å². The number of rotatable bonds is 3. The Hall–Kier alpha value is -1.92. The van der Waals surface area contributed by atoms with Gasteiger partial charge in [0.1, 0.15) is 5.76 Å². The third-order valence-electron chi connectivity index (χ3n) is 4.25. The van der Waals surface area contributed by atoms with Crippen molar-refractivity contribution in [1.29, 1.82) is 0 Å². The first-order valence-electron chi connectivity index (χ1n) is 7.27. The molecule has 4 heterocycles. The molecule has 2 N–H and O–H groups in total. The topological polar surface area (TPSA) is 72.2 Å². The Balaban J connectivity index is 1.60. The Bertz CT molecular complexity index is 621. The molecule has 0 radical (unpaired) electrons. The number of fused-ring (bicyclic) bond motifs is 2. The zero-order valence-corrected chi connectivity index (χ0v) is 11.8. The molecule has 6 heteroatoms. The van der Waals surface area contributed by atoms with Crippen LogP contribution in [0.1, 0.15) is 23.4 Å². The van der Waals surface area contributed by atoms with Crippen molar-refractivity contribution in [3.8, 4) is 0 Å². The molecule has 1 atom stereocenters. The minimum absolute atomic E-state index is 0.0115. The van der Waals surface area contributed by atoms with Gasteiger partial charge in [0, 0.05) is 18.3 Å². The predicted octanol–water partition coefficient (Wildman–Crippen LogP) is 1.44. The van der Waals surface area contributed by atoms with Gasteiger partial charge in [0.15, 0.2) is 0 Å². The van der Waals surface area contributed by atoms with Crippen LogP contribution in [0.2, 0.25) is 0 Å². The summed E-state index contributed by atoms with van der Waals surface area (Å²) in [5, 5.41) is 6.65. The quantitative estimate of drug-likeness (QED) is 0.889. The molecule has 2 aromatic rings. The molecule has 21 heavy (non-hydrogen) atoms. The zero-order valence-electron chi connectivity index (χ0n) is 11.8. The smallest absolute Gasteiger partial charge is 0.223 e. The molecule has 1 fully saturated rings. The maximum absolute atomic E-state index is 5.74. The third kappa shape index (κ3) is 2.30. The van der Waals surface area contributed by atoms with Gasteiger partial charge in [0.2, 0.25) is 5.95 Å². The summed E-state index contributed by atoms with van der Waals surface area (Å²) >= 11 is 0. The summed E-state index contributed by atoms with van der Waals surface area (Å²) in [5.41, 5.74) is 2.25. The molecule has 2 aromatic heterocycles. The average molecular weight is 286 g/mol. The van der Waals surface area contributed by atoms with E-state index in [2.05, 4.69) is 15.6 Å². The Morgan fingerprint density at radius 3 is 3.24 bits per heavy atom. The normalized spacial score (nSPS) is 24.2. The second kappa shape index (κ2) is 5.13. The van der Waals surface area contributed by atoms with E-state index >= 15 is 0 Å². The lowest BCUT2D eigenvalue weighted by Gasteiger charge is -2.33. The summed E-state index contributed by atoms with van der Waals surface area (Å²) in [6, 6.07) is 3.81. The predicted molar refractivity (Wildman–Crippen MR) is 76.9 cm³/mol. The number of nitrogens with zero attached hydrogens (tertiary/aromatic N) is 2. The highest BCUT2D eigenvalue weighted by atomic mass is 16.5. The molecule has 0 aromatic carbocycles. The summed E-state index contributed by atoms with van der Waals surface area (Å²) in [4.78, 5) is 9.15. The minimum Gasteiger partial charge on any atom is -0.467 e. The largest absolute Gasteiger partial charge is 0.467 e. The van der Waals surface area contributed by atoms with Crippen molar-refractivity contribution < 1.29 is 9.15 Å². The highest BCUT2D eigenvalue weighted by Gasteiger charge is 2.41. The van der Waals surface area contributed by atoms with Crippen LogP contribution in [0.15, 0.2) is 29.0 Å². The Kier molecular flexibility index (Phi) is 3.12. The van der Waals surface area contributed by atoms with Crippen molar-refractivity contribution in [2.75, 3.05) is 25.0 Å². The number of ether oxygens (including phenoxy) is 1. The first-order chi connectivity index (χ1) is 10.4. The Morgan fingerprint density at radius 2 is 2.43 bits per heavy atom.